The number of ether oxygens (including phenoxy) is 1. The molecular formula is C9H10ClNO. The predicted molar refractivity (Wildman–Crippen MR) is 50.0 cm³/mol. The van der Waals surface area contributed by atoms with E-state index in [0.29, 0.717) is 5.02 Å². The third-order valence-electron chi connectivity index (χ3n) is 1.85. The molecule has 1 aliphatic rings. The quantitative estimate of drug-likeness (QED) is 0.668. The summed E-state index contributed by atoms with van der Waals surface area (Å²) in [7, 11) is 0. The van der Waals surface area contributed by atoms with Crippen LogP contribution in [0.2, 0.25) is 5.02 Å². The second-order valence-corrected chi connectivity index (χ2v) is 3.39. The van der Waals surface area contributed by atoms with Gasteiger partial charge in [-0.25, -0.2) is 0 Å². The monoisotopic (exact) mass is 183 g/mol. The number of anilines is 1. The van der Waals surface area contributed by atoms with E-state index in [1.807, 2.05) is 25.1 Å². The van der Waals surface area contributed by atoms with Crippen molar-refractivity contribution in [3.05, 3.63) is 23.2 Å². The Morgan fingerprint density at radius 2 is 2.42 bits per heavy atom. The molecule has 1 aromatic carbocycles. The fraction of sp³-hybridized carbons (Fsp3) is 0.333. The molecule has 0 bridgehead atoms. The highest BCUT2D eigenvalue weighted by molar-refractivity contribution is 6.30. The summed E-state index contributed by atoms with van der Waals surface area (Å²) < 4.78 is 5.57. The lowest BCUT2D eigenvalue weighted by Gasteiger charge is -2.24. The topological polar surface area (TPSA) is 21.3 Å². The minimum absolute atomic E-state index is 0.218. The molecule has 0 amide bonds. The highest BCUT2D eigenvalue weighted by Gasteiger charge is 2.14. The van der Waals surface area contributed by atoms with Gasteiger partial charge in [0.2, 0.25) is 0 Å². The van der Waals surface area contributed by atoms with Crippen LogP contribution in [0.3, 0.4) is 0 Å². The van der Waals surface area contributed by atoms with E-state index in [1.54, 1.807) is 0 Å². The third kappa shape index (κ3) is 1.34. The maximum Gasteiger partial charge on any atom is 0.144 e. The lowest BCUT2D eigenvalue weighted by molar-refractivity contribution is 0.226. The minimum Gasteiger partial charge on any atom is -0.487 e. The number of benzene rings is 1. The Morgan fingerprint density at radius 3 is 3.25 bits per heavy atom. The van der Waals surface area contributed by atoms with E-state index >= 15 is 0 Å². The van der Waals surface area contributed by atoms with Crippen LogP contribution in [-0.4, -0.2) is 12.6 Å². The van der Waals surface area contributed by atoms with Gasteiger partial charge in [0.05, 0.1) is 12.2 Å². The first-order valence-corrected chi connectivity index (χ1v) is 4.33. The van der Waals surface area contributed by atoms with Gasteiger partial charge in [-0.15, -0.1) is 0 Å². The fourth-order valence-electron chi connectivity index (χ4n) is 1.25. The Morgan fingerprint density at radius 1 is 1.58 bits per heavy atom. The van der Waals surface area contributed by atoms with Crippen LogP contribution >= 0.6 is 11.6 Å². The summed E-state index contributed by atoms with van der Waals surface area (Å²) >= 11 is 5.82. The molecule has 0 spiro atoms. The molecule has 0 aliphatic carbocycles. The first kappa shape index (κ1) is 7.74. The summed E-state index contributed by atoms with van der Waals surface area (Å²) in [5.41, 5.74) is 1.03. The van der Waals surface area contributed by atoms with E-state index in [9.17, 15) is 0 Å². The van der Waals surface area contributed by atoms with Crippen molar-refractivity contribution >= 4 is 17.3 Å². The average Bonchev–Trinajstić information content (AvgIpc) is 2.03. The van der Waals surface area contributed by atoms with Gasteiger partial charge in [-0.3, -0.25) is 0 Å². The third-order valence-corrected chi connectivity index (χ3v) is 2.09. The summed E-state index contributed by atoms with van der Waals surface area (Å²) in [6.45, 7) is 2.88. The first-order chi connectivity index (χ1) is 5.75. The number of nitrogens with one attached hydrogen (secondary N) is 1. The number of hydrogen-bond acceptors (Lipinski definition) is 2. The summed E-state index contributed by atoms with van der Waals surface area (Å²) in [6, 6.07) is 5.62. The number of rotatable bonds is 0. The van der Waals surface area contributed by atoms with Crippen LogP contribution in [0.25, 0.3) is 0 Å². The second-order valence-electron chi connectivity index (χ2n) is 2.95. The Bertz CT molecular complexity index is 301. The number of fused-ring (bicyclic) bond motifs is 1. The van der Waals surface area contributed by atoms with Gasteiger partial charge in [-0.2, -0.15) is 0 Å². The molecule has 1 heterocycles. The van der Waals surface area contributed by atoms with Crippen LogP contribution in [-0.2, 0) is 0 Å². The maximum absolute atomic E-state index is 5.82. The van der Waals surface area contributed by atoms with Gasteiger partial charge >= 0.3 is 0 Å². The highest BCUT2D eigenvalue weighted by atomic mass is 35.5. The molecule has 12 heavy (non-hydrogen) atoms. The molecule has 0 radical (unpaired) electrons. The van der Waals surface area contributed by atoms with E-state index in [-0.39, 0.29) is 6.10 Å². The van der Waals surface area contributed by atoms with Gasteiger partial charge in [0.1, 0.15) is 11.9 Å². The normalized spacial score (nSPS) is 20.7. The van der Waals surface area contributed by atoms with Crippen LogP contribution < -0.4 is 10.1 Å². The molecule has 3 heteroatoms. The van der Waals surface area contributed by atoms with Crippen molar-refractivity contribution in [2.24, 2.45) is 0 Å². The van der Waals surface area contributed by atoms with Gasteiger partial charge in [0.25, 0.3) is 0 Å². The first-order valence-electron chi connectivity index (χ1n) is 3.96. The summed E-state index contributed by atoms with van der Waals surface area (Å²) in [6.07, 6.45) is 0.218. The van der Waals surface area contributed by atoms with Crippen molar-refractivity contribution < 1.29 is 4.74 Å². The lowest BCUT2D eigenvalue weighted by atomic mass is 10.2. The zero-order valence-corrected chi connectivity index (χ0v) is 7.56. The van der Waals surface area contributed by atoms with Crippen molar-refractivity contribution in [3.8, 4) is 5.75 Å². The molecule has 1 N–H and O–H groups in total. The molecule has 0 saturated heterocycles. The summed E-state index contributed by atoms with van der Waals surface area (Å²) in [5, 5.41) is 3.97. The van der Waals surface area contributed by atoms with E-state index in [4.69, 9.17) is 16.3 Å². The highest BCUT2D eigenvalue weighted by Crippen LogP contribution is 2.31. The lowest BCUT2D eigenvalue weighted by Crippen LogP contribution is -2.27. The Kier molecular flexibility index (Phi) is 1.85. The van der Waals surface area contributed by atoms with E-state index < -0.39 is 0 Å². The standard InChI is InChI=1S/C9H10ClNO/c1-6-5-11-8-3-2-7(10)4-9(8)12-6/h2-4,6,11H,5H2,1H3/t6-/m1/s1. The fourth-order valence-corrected chi connectivity index (χ4v) is 1.41. The average molecular weight is 184 g/mol. The molecule has 1 aliphatic heterocycles. The molecule has 0 fully saturated rings. The molecule has 2 rings (SSSR count). The van der Waals surface area contributed by atoms with Crippen molar-refractivity contribution in [2.45, 2.75) is 13.0 Å². The van der Waals surface area contributed by atoms with Crippen molar-refractivity contribution in [3.63, 3.8) is 0 Å². The number of hydrogen-bond donors (Lipinski definition) is 1. The van der Waals surface area contributed by atoms with Crippen LogP contribution in [0.1, 0.15) is 6.92 Å². The van der Waals surface area contributed by atoms with E-state index in [2.05, 4.69) is 5.32 Å². The van der Waals surface area contributed by atoms with Gasteiger partial charge in [0, 0.05) is 11.1 Å². The Hall–Kier alpha value is -0.890. The Labute approximate surface area is 76.5 Å². The summed E-state index contributed by atoms with van der Waals surface area (Å²) in [5.74, 6) is 0.848. The Balaban J connectivity index is 2.37. The molecule has 1 atom stereocenters. The van der Waals surface area contributed by atoms with E-state index in [1.165, 1.54) is 0 Å². The van der Waals surface area contributed by atoms with Gasteiger partial charge < -0.3 is 10.1 Å². The number of halogens is 1. The molecule has 1 aromatic rings. The molecule has 0 saturated carbocycles. The van der Waals surface area contributed by atoms with Crippen LogP contribution in [0, 0.1) is 0 Å². The van der Waals surface area contributed by atoms with Crippen molar-refractivity contribution in [1.82, 2.24) is 0 Å². The summed E-state index contributed by atoms with van der Waals surface area (Å²) in [4.78, 5) is 0. The second kappa shape index (κ2) is 2.87. The predicted octanol–water partition coefficient (Wildman–Crippen LogP) is 2.53. The molecule has 0 unspecified atom stereocenters. The SMILES string of the molecule is C[C@@H]1CNc2ccc(Cl)cc2O1. The van der Waals surface area contributed by atoms with Gasteiger partial charge in [-0.05, 0) is 19.1 Å². The smallest absolute Gasteiger partial charge is 0.144 e. The molecule has 2 nitrogen and oxygen atoms in total. The molecular weight excluding hydrogens is 174 g/mol. The van der Waals surface area contributed by atoms with Crippen LogP contribution in [0.15, 0.2) is 18.2 Å². The van der Waals surface area contributed by atoms with Crippen LogP contribution in [0.4, 0.5) is 5.69 Å². The minimum atomic E-state index is 0.218. The maximum atomic E-state index is 5.82. The molecule has 64 valence electrons. The van der Waals surface area contributed by atoms with E-state index in [0.717, 1.165) is 18.0 Å². The van der Waals surface area contributed by atoms with Gasteiger partial charge in [0.15, 0.2) is 0 Å². The largest absolute Gasteiger partial charge is 0.487 e. The zero-order chi connectivity index (χ0) is 8.55. The van der Waals surface area contributed by atoms with Crippen LogP contribution in [0.5, 0.6) is 5.75 Å². The molecule has 0 aromatic heterocycles. The van der Waals surface area contributed by atoms with Crippen molar-refractivity contribution in [1.29, 1.82) is 0 Å². The van der Waals surface area contributed by atoms with Crippen molar-refractivity contribution in [2.75, 3.05) is 11.9 Å². The zero-order valence-electron chi connectivity index (χ0n) is 6.80. The van der Waals surface area contributed by atoms with Gasteiger partial charge in [-0.1, -0.05) is 11.6 Å².